The minimum absolute atomic E-state index is 0.165. The van der Waals surface area contributed by atoms with Crippen LogP contribution < -0.4 is 0 Å². The van der Waals surface area contributed by atoms with Gasteiger partial charge in [0, 0.05) is 8.95 Å². The standard InChI is InChI=1S/C10H12Br2/c1-10(2,3)7-4-8(11)6-9(12)5-7/h4-6H,1-3H3/i4D,5D,6D. The highest BCUT2D eigenvalue weighted by Crippen LogP contribution is 2.28. The minimum Gasteiger partial charge on any atom is -0.0561 e. The smallest absolute Gasteiger partial charge is 0.0561 e. The summed E-state index contributed by atoms with van der Waals surface area (Å²) in [5.41, 5.74) is 0.379. The molecule has 66 valence electrons. The number of hydrogen-bond donors (Lipinski definition) is 0. The van der Waals surface area contributed by atoms with Gasteiger partial charge in [-0.15, -0.1) is 0 Å². The largest absolute Gasteiger partial charge is 0.0647 e. The molecule has 2 heteroatoms. The van der Waals surface area contributed by atoms with Crippen LogP contribution >= 0.6 is 31.9 Å². The van der Waals surface area contributed by atoms with E-state index in [4.69, 9.17) is 4.11 Å². The third-order valence-electron chi connectivity index (χ3n) is 1.44. The van der Waals surface area contributed by atoms with E-state index in [0.29, 0.717) is 14.5 Å². The van der Waals surface area contributed by atoms with Crippen molar-refractivity contribution < 1.29 is 4.11 Å². The van der Waals surface area contributed by atoms with Crippen LogP contribution in [0, 0.1) is 0 Å². The zero-order chi connectivity index (χ0) is 12.0. The van der Waals surface area contributed by atoms with Gasteiger partial charge in [0.05, 0.1) is 4.11 Å². The van der Waals surface area contributed by atoms with Crippen molar-refractivity contribution in [1.29, 1.82) is 0 Å². The molecule has 0 aliphatic heterocycles. The van der Waals surface area contributed by atoms with Gasteiger partial charge in [-0.3, -0.25) is 0 Å². The molecule has 0 aromatic heterocycles. The van der Waals surface area contributed by atoms with Crippen LogP contribution in [0.5, 0.6) is 0 Å². The second-order valence-electron chi connectivity index (χ2n) is 3.63. The van der Waals surface area contributed by atoms with Crippen LogP contribution in [0.4, 0.5) is 0 Å². The Balaban J connectivity index is 3.68. The Bertz CT molecular complexity index is 379. The molecule has 0 aliphatic carbocycles. The fourth-order valence-corrected chi connectivity index (χ4v) is 1.84. The van der Waals surface area contributed by atoms with Gasteiger partial charge in [0.2, 0.25) is 0 Å². The summed E-state index contributed by atoms with van der Waals surface area (Å²) in [5.74, 6) is 0. The molecule has 0 aliphatic rings. The van der Waals surface area contributed by atoms with Crippen molar-refractivity contribution in [3.05, 3.63) is 32.6 Å². The maximum absolute atomic E-state index is 7.92. The zero-order valence-corrected chi connectivity index (χ0v) is 10.4. The van der Waals surface area contributed by atoms with Gasteiger partial charge in [-0.1, -0.05) is 52.6 Å². The lowest BCUT2D eigenvalue weighted by Crippen LogP contribution is -2.10. The normalized spacial score (nSPS) is 15.2. The first-order valence-corrected chi connectivity index (χ1v) is 5.21. The number of hydrogen-bond acceptors (Lipinski definition) is 0. The van der Waals surface area contributed by atoms with E-state index in [2.05, 4.69) is 31.9 Å². The highest BCUT2D eigenvalue weighted by Gasteiger charge is 2.14. The van der Waals surface area contributed by atoms with Crippen LogP contribution in [-0.4, -0.2) is 0 Å². The van der Waals surface area contributed by atoms with Crippen LogP contribution in [0.1, 0.15) is 30.4 Å². The summed E-state index contributed by atoms with van der Waals surface area (Å²) in [4.78, 5) is 0. The van der Waals surface area contributed by atoms with Gasteiger partial charge in [0.1, 0.15) is 0 Å². The van der Waals surface area contributed by atoms with E-state index >= 15 is 0 Å². The summed E-state index contributed by atoms with van der Waals surface area (Å²) >= 11 is 6.44. The van der Waals surface area contributed by atoms with Crippen molar-refractivity contribution in [2.45, 2.75) is 26.2 Å². The Hall–Kier alpha value is 0.180. The predicted molar refractivity (Wildman–Crippen MR) is 60.5 cm³/mol. The van der Waals surface area contributed by atoms with E-state index in [1.54, 1.807) is 0 Å². The SMILES string of the molecule is [2H]c1c(Br)c([2H])c(C(C)(C)C)c([2H])c1Br. The molecule has 0 N–H and O–H groups in total. The van der Waals surface area contributed by atoms with Crippen molar-refractivity contribution in [3.8, 4) is 0 Å². The molecule has 0 unspecified atom stereocenters. The molecule has 1 aromatic carbocycles. The van der Waals surface area contributed by atoms with Gasteiger partial charge < -0.3 is 0 Å². The molecule has 0 heterocycles. The molecule has 0 saturated carbocycles. The van der Waals surface area contributed by atoms with Crippen LogP contribution in [0.2, 0.25) is 0 Å². The Morgan fingerprint density at radius 1 is 1.08 bits per heavy atom. The van der Waals surface area contributed by atoms with Crippen molar-refractivity contribution in [2.75, 3.05) is 0 Å². The molecule has 0 saturated heterocycles. The lowest BCUT2D eigenvalue weighted by atomic mass is 9.87. The maximum atomic E-state index is 7.92. The van der Waals surface area contributed by atoms with Crippen LogP contribution in [0.3, 0.4) is 0 Å². The summed E-state index contributed by atoms with van der Waals surface area (Å²) in [7, 11) is 0. The second kappa shape index (κ2) is 3.51. The first-order valence-electron chi connectivity index (χ1n) is 5.13. The second-order valence-corrected chi connectivity index (χ2v) is 5.21. The molecule has 1 aromatic rings. The Kier molecular flexibility index (Phi) is 1.93. The van der Waals surface area contributed by atoms with Gasteiger partial charge in [-0.05, 0) is 29.1 Å². The predicted octanol–water partition coefficient (Wildman–Crippen LogP) is 4.51. The van der Waals surface area contributed by atoms with E-state index in [-0.39, 0.29) is 23.5 Å². The van der Waals surface area contributed by atoms with Gasteiger partial charge in [0.15, 0.2) is 0 Å². The third-order valence-corrected chi connectivity index (χ3v) is 2.23. The van der Waals surface area contributed by atoms with Crippen LogP contribution in [0.15, 0.2) is 27.1 Å². The fourth-order valence-electron chi connectivity index (χ4n) is 0.785. The summed E-state index contributed by atoms with van der Waals surface area (Å²) in [6.07, 6.45) is 0. The Morgan fingerprint density at radius 3 is 1.83 bits per heavy atom. The first kappa shape index (κ1) is 6.61. The van der Waals surface area contributed by atoms with Crippen molar-refractivity contribution >= 4 is 31.9 Å². The summed E-state index contributed by atoms with van der Waals surface area (Å²) in [5, 5.41) is 0. The van der Waals surface area contributed by atoms with Gasteiger partial charge in [-0.2, -0.15) is 0 Å². The number of halogens is 2. The Labute approximate surface area is 94.8 Å². The summed E-state index contributed by atoms with van der Waals surface area (Å²) in [6.45, 7) is 5.88. The Morgan fingerprint density at radius 2 is 1.50 bits per heavy atom. The third kappa shape index (κ3) is 2.60. The molecule has 0 atom stereocenters. The van der Waals surface area contributed by atoms with Gasteiger partial charge >= 0.3 is 0 Å². The maximum Gasteiger partial charge on any atom is 0.0647 e. The summed E-state index contributed by atoms with van der Waals surface area (Å²) < 4.78 is 24.4. The number of rotatable bonds is 0. The van der Waals surface area contributed by atoms with Crippen LogP contribution in [-0.2, 0) is 5.41 Å². The molecule has 0 fully saturated rings. The molecule has 0 spiro atoms. The monoisotopic (exact) mass is 293 g/mol. The average molecular weight is 295 g/mol. The average Bonchev–Trinajstić information content (AvgIpc) is 2.09. The summed E-state index contributed by atoms with van der Waals surface area (Å²) in [6, 6.07) is 0.638. The zero-order valence-electron chi connectivity index (χ0n) is 10.3. The molecular weight excluding hydrogens is 280 g/mol. The fraction of sp³-hybridized carbons (Fsp3) is 0.400. The minimum atomic E-state index is -0.271. The topological polar surface area (TPSA) is 0 Å². The lowest BCUT2D eigenvalue weighted by Gasteiger charge is -2.19. The van der Waals surface area contributed by atoms with Crippen molar-refractivity contribution in [3.63, 3.8) is 0 Å². The highest BCUT2D eigenvalue weighted by molar-refractivity contribution is 9.11. The van der Waals surface area contributed by atoms with E-state index in [1.807, 2.05) is 20.8 Å². The molecule has 0 radical (unpaired) electrons. The van der Waals surface area contributed by atoms with Crippen molar-refractivity contribution in [1.82, 2.24) is 0 Å². The quantitative estimate of drug-likeness (QED) is 0.660. The highest BCUT2D eigenvalue weighted by atomic mass is 79.9. The van der Waals surface area contributed by atoms with Crippen LogP contribution in [0.25, 0.3) is 0 Å². The van der Waals surface area contributed by atoms with E-state index in [1.165, 1.54) is 0 Å². The molecular formula is C10H12Br2. The van der Waals surface area contributed by atoms with E-state index < -0.39 is 0 Å². The van der Waals surface area contributed by atoms with Gasteiger partial charge in [-0.25, -0.2) is 0 Å². The first-order chi connectivity index (χ1) is 6.68. The van der Waals surface area contributed by atoms with E-state index in [0.717, 1.165) is 0 Å². The number of benzene rings is 1. The van der Waals surface area contributed by atoms with Gasteiger partial charge in [0.25, 0.3) is 0 Å². The molecule has 1 rings (SSSR count). The van der Waals surface area contributed by atoms with Crippen molar-refractivity contribution in [2.24, 2.45) is 0 Å². The molecule has 12 heavy (non-hydrogen) atoms. The lowest BCUT2D eigenvalue weighted by molar-refractivity contribution is 0.589. The molecule has 0 bridgehead atoms. The van der Waals surface area contributed by atoms with E-state index in [9.17, 15) is 0 Å². The molecule has 0 amide bonds. The molecule has 0 nitrogen and oxygen atoms in total.